The second-order valence-electron chi connectivity index (χ2n) is 4.21. The molecule has 0 aliphatic heterocycles. The average molecular weight is 193 g/mol. The van der Waals surface area contributed by atoms with Crippen LogP contribution >= 0.6 is 0 Å². The molecule has 0 atom stereocenters. The third kappa shape index (κ3) is 1.82. The molecule has 1 aromatic rings. The number of aryl methyl sites for hydroxylation is 1. The van der Waals surface area contributed by atoms with Crippen LogP contribution in [0.15, 0.2) is 6.20 Å². The molecular formula is C11H19N3. The maximum absolute atomic E-state index is 4.68. The zero-order chi connectivity index (χ0) is 9.97. The lowest BCUT2D eigenvalue weighted by molar-refractivity contribution is 0.631. The first kappa shape index (κ1) is 9.71. The van der Waals surface area contributed by atoms with Gasteiger partial charge in [-0.1, -0.05) is 12.8 Å². The summed E-state index contributed by atoms with van der Waals surface area (Å²) in [7, 11) is 4.07. The molecule has 78 valence electrons. The zero-order valence-electron chi connectivity index (χ0n) is 9.08. The van der Waals surface area contributed by atoms with Crippen LogP contribution in [0.2, 0.25) is 0 Å². The predicted molar refractivity (Wildman–Crippen MR) is 57.2 cm³/mol. The van der Waals surface area contributed by atoms with Crippen LogP contribution in [0.25, 0.3) is 0 Å². The van der Waals surface area contributed by atoms with Crippen LogP contribution in [0.3, 0.4) is 0 Å². The second-order valence-corrected chi connectivity index (χ2v) is 4.21. The Balaban J connectivity index is 2.15. The normalized spacial score (nSPS) is 17.9. The van der Waals surface area contributed by atoms with Crippen molar-refractivity contribution in [3.63, 3.8) is 0 Å². The van der Waals surface area contributed by atoms with E-state index in [0.29, 0.717) is 5.92 Å². The van der Waals surface area contributed by atoms with Crippen LogP contribution in [0.5, 0.6) is 0 Å². The van der Waals surface area contributed by atoms with Crippen LogP contribution in [0.4, 0.5) is 0 Å². The van der Waals surface area contributed by atoms with Crippen LogP contribution in [0, 0.1) is 0 Å². The van der Waals surface area contributed by atoms with E-state index in [2.05, 4.69) is 28.1 Å². The fourth-order valence-corrected chi connectivity index (χ4v) is 2.37. The third-order valence-corrected chi connectivity index (χ3v) is 3.04. The molecule has 3 nitrogen and oxygen atoms in total. The largest absolute Gasteiger partial charge is 0.337 e. The number of rotatable bonds is 3. The minimum Gasteiger partial charge on any atom is -0.337 e. The van der Waals surface area contributed by atoms with E-state index in [1.54, 1.807) is 0 Å². The molecule has 1 heterocycles. The van der Waals surface area contributed by atoms with Gasteiger partial charge in [-0.3, -0.25) is 0 Å². The van der Waals surface area contributed by atoms with E-state index in [4.69, 9.17) is 0 Å². The molecule has 0 bridgehead atoms. The van der Waals surface area contributed by atoms with Crippen molar-refractivity contribution in [2.24, 2.45) is 7.05 Å². The first-order valence-electron chi connectivity index (χ1n) is 5.48. The summed E-state index contributed by atoms with van der Waals surface area (Å²) in [5.74, 6) is 2.00. The van der Waals surface area contributed by atoms with Gasteiger partial charge in [-0.15, -0.1) is 0 Å². The van der Waals surface area contributed by atoms with Gasteiger partial charge in [0.1, 0.15) is 5.82 Å². The molecule has 3 heteroatoms. The van der Waals surface area contributed by atoms with Crippen molar-refractivity contribution in [2.45, 2.75) is 38.1 Å². The Morgan fingerprint density at radius 3 is 2.86 bits per heavy atom. The number of nitrogens with zero attached hydrogens (tertiary/aromatic N) is 2. The van der Waals surface area contributed by atoms with Gasteiger partial charge in [0.25, 0.3) is 0 Å². The van der Waals surface area contributed by atoms with Crippen LogP contribution in [-0.4, -0.2) is 16.6 Å². The van der Waals surface area contributed by atoms with Crippen molar-refractivity contribution in [3.8, 4) is 0 Å². The van der Waals surface area contributed by atoms with Gasteiger partial charge in [0.05, 0.1) is 5.69 Å². The number of imidazole rings is 1. The molecule has 1 aromatic heterocycles. The topological polar surface area (TPSA) is 29.9 Å². The highest BCUT2D eigenvalue weighted by molar-refractivity contribution is 5.09. The lowest BCUT2D eigenvalue weighted by Gasteiger charge is -2.07. The molecule has 1 saturated carbocycles. The van der Waals surface area contributed by atoms with E-state index in [0.717, 1.165) is 12.2 Å². The lowest BCUT2D eigenvalue weighted by atomic mass is 10.1. The van der Waals surface area contributed by atoms with Crippen molar-refractivity contribution in [1.29, 1.82) is 0 Å². The summed E-state index contributed by atoms with van der Waals surface area (Å²) >= 11 is 0. The highest BCUT2D eigenvalue weighted by Gasteiger charge is 2.21. The summed E-state index contributed by atoms with van der Waals surface area (Å²) in [5.41, 5.74) is 1.16. The minimum atomic E-state index is 0.714. The molecule has 0 saturated heterocycles. The highest BCUT2D eigenvalue weighted by atomic mass is 15.1. The molecule has 1 aliphatic rings. The standard InChI is InChI=1S/C11H19N3/c1-12-7-10-8-14(2)11(13-10)9-5-3-4-6-9/h8-9,12H,3-7H2,1-2H3. The van der Waals surface area contributed by atoms with Crippen molar-refractivity contribution in [2.75, 3.05) is 7.05 Å². The lowest BCUT2D eigenvalue weighted by Crippen LogP contribution is -2.05. The average Bonchev–Trinajstić information content (AvgIpc) is 2.74. The highest BCUT2D eigenvalue weighted by Crippen LogP contribution is 2.33. The van der Waals surface area contributed by atoms with Gasteiger partial charge in [0.15, 0.2) is 0 Å². The van der Waals surface area contributed by atoms with Crippen molar-refractivity contribution in [3.05, 3.63) is 17.7 Å². The van der Waals surface area contributed by atoms with E-state index in [1.807, 2.05) is 7.05 Å². The molecule has 0 aromatic carbocycles. The van der Waals surface area contributed by atoms with E-state index >= 15 is 0 Å². The molecule has 14 heavy (non-hydrogen) atoms. The van der Waals surface area contributed by atoms with Gasteiger partial charge in [-0.25, -0.2) is 4.98 Å². The number of hydrogen-bond acceptors (Lipinski definition) is 2. The summed E-state index contributed by atoms with van der Waals surface area (Å²) in [6.45, 7) is 0.876. The Kier molecular flexibility index (Phi) is 2.87. The van der Waals surface area contributed by atoms with Crippen molar-refractivity contribution in [1.82, 2.24) is 14.9 Å². The monoisotopic (exact) mass is 193 g/mol. The van der Waals surface area contributed by atoms with E-state index < -0.39 is 0 Å². The SMILES string of the molecule is CNCc1cn(C)c(C2CCCC2)n1. The maximum atomic E-state index is 4.68. The number of aromatic nitrogens is 2. The Morgan fingerprint density at radius 1 is 1.50 bits per heavy atom. The van der Waals surface area contributed by atoms with Crippen molar-refractivity contribution < 1.29 is 0 Å². The van der Waals surface area contributed by atoms with Gasteiger partial charge in [0, 0.05) is 25.7 Å². The molecule has 1 fully saturated rings. The molecular weight excluding hydrogens is 174 g/mol. The van der Waals surface area contributed by atoms with Crippen molar-refractivity contribution >= 4 is 0 Å². The van der Waals surface area contributed by atoms with Gasteiger partial charge < -0.3 is 9.88 Å². The molecule has 0 spiro atoms. The van der Waals surface area contributed by atoms with E-state index in [1.165, 1.54) is 31.5 Å². The minimum absolute atomic E-state index is 0.714. The third-order valence-electron chi connectivity index (χ3n) is 3.04. The Labute approximate surface area is 85.5 Å². The number of hydrogen-bond donors (Lipinski definition) is 1. The molecule has 0 amide bonds. The summed E-state index contributed by atoms with van der Waals surface area (Å²) in [6, 6.07) is 0. The smallest absolute Gasteiger partial charge is 0.111 e. The van der Waals surface area contributed by atoms with Gasteiger partial charge in [0.2, 0.25) is 0 Å². The molecule has 0 radical (unpaired) electrons. The van der Waals surface area contributed by atoms with Gasteiger partial charge in [-0.2, -0.15) is 0 Å². The first-order chi connectivity index (χ1) is 6.81. The molecule has 0 unspecified atom stereocenters. The van der Waals surface area contributed by atoms with Gasteiger partial charge in [-0.05, 0) is 19.9 Å². The zero-order valence-corrected chi connectivity index (χ0v) is 9.08. The fraction of sp³-hybridized carbons (Fsp3) is 0.727. The molecule has 2 rings (SSSR count). The van der Waals surface area contributed by atoms with Crippen LogP contribution < -0.4 is 5.32 Å². The summed E-state index contributed by atoms with van der Waals surface area (Å²) in [4.78, 5) is 4.68. The van der Waals surface area contributed by atoms with Gasteiger partial charge >= 0.3 is 0 Å². The first-order valence-corrected chi connectivity index (χ1v) is 5.48. The summed E-state index contributed by atoms with van der Waals surface area (Å²) in [6.07, 6.45) is 7.54. The summed E-state index contributed by atoms with van der Waals surface area (Å²) < 4.78 is 2.20. The molecule has 1 aliphatic carbocycles. The van der Waals surface area contributed by atoms with E-state index in [-0.39, 0.29) is 0 Å². The molecule has 1 N–H and O–H groups in total. The Hall–Kier alpha value is -0.830. The number of nitrogens with one attached hydrogen (secondary N) is 1. The Morgan fingerprint density at radius 2 is 2.21 bits per heavy atom. The predicted octanol–water partition coefficient (Wildman–Crippen LogP) is 1.80. The maximum Gasteiger partial charge on any atom is 0.111 e. The van der Waals surface area contributed by atoms with E-state index in [9.17, 15) is 0 Å². The van der Waals surface area contributed by atoms with Crippen LogP contribution in [-0.2, 0) is 13.6 Å². The fourth-order valence-electron chi connectivity index (χ4n) is 2.37. The second kappa shape index (κ2) is 4.13. The Bertz CT molecular complexity index is 297. The van der Waals surface area contributed by atoms with Crippen LogP contribution in [0.1, 0.15) is 43.1 Å². The summed E-state index contributed by atoms with van der Waals surface area (Å²) in [5, 5.41) is 3.14. The quantitative estimate of drug-likeness (QED) is 0.793.